The number of carbonyl (C=O) groups excluding carboxylic acids is 1. The van der Waals surface area contributed by atoms with Crippen molar-refractivity contribution >= 4 is 63.0 Å². The summed E-state index contributed by atoms with van der Waals surface area (Å²) in [5, 5.41) is 24.5. The molecule has 6 aromatic rings. The Bertz CT molecular complexity index is 2860. The van der Waals surface area contributed by atoms with Crippen LogP contribution in [0.25, 0.3) is 10.9 Å². The van der Waals surface area contributed by atoms with E-state index >= 15 is 0 Å². The SMILES string of the molecule is C=C[C@H]1CN2CC[C@H]1C[C@@H]2[C@@H](O)c1ccnc2ccc(OC)cc12.CN1CCN(CCCN2c3ccccc3Sc3ccc(Cl)cc32)CC1.O=C(CCCN1CCC(O)(c2ccc(Cl)cc2)CC1)c1ccc(F)cc1. The van der Waals surface area contributed by atoms with Gasteiger partial charge < -0.3 is 34.5 Å². The summed E-state index contributed by atoms with van der Waals surface area (Å²) in [4.78, 5) is 31.3. The quantitative estimate of drug-likeness (QED) is 0.0806. The topological polar surface area (TPSA) is 95.9 Å². The van der Waals surface area contributed by atoms with E-state index < -0.39 is 11.7 Å². The highest BCUT2D eigenvalue weighted by Gasteiger charge is 2.42. The second-order valence-electron chi connectivity index (χ2n) is 20.7. The normalized spacial score (nSPS) is 21.7. The largest absolute Gasteiger partial charge is 0.497 e. The number of likely N-dealkylation sites (tertiary alicyclic amines) is 1. The first-order valence-electron chi connectivity index (χ1n) is 26.6. The Morgan fingerprint density at radius 2 is 1.55 bits per heavy atom. The molecule has 0 spiro atoms. The number of aliphatic hydroxyl groups excluding tert-OH is 1. The number of piperidine rings is 4. The van der Waals surface area contributed by atoms with Crippen molar-refractivity contribution in [2.24, 2.45) is 11.8 Å². The molecule has 5 fully saturated rings. The van der Waals surface area contributed by atoms with Crippen molar-refractivity contribution < 1.29 is 24.1 Å². The molecular formula is C61H71Cl2FN6O4S. The molecule has 1 unspecified atom stereocenters. The van der Waals surface area contributed by atoms with Gasteiger partial charge in [-0.05, 0) is 179 Å². The van der Waals surface area contributed by atoms with Crippen LogP contribution in [0.4, 0.5) is 15.8 Å². The monoisotopic (exact) mass is 1070 g/mol. The van der Waals surface area contributed by atoms with Gasteiger partial charge in [-0.25, -0.2) is 4.39 Å². The summed E-state index contributed by atoms with van der Waals surface area (Å²) in [5.41, 5.74) is 5.06. The molecule has 0 radical (unpaired) electrons. The second-order valence-corrected chi connectivity index (χ2v) is 22.7. The van der Waals surface area contributed by atoms with Gasteiger partial charge >= 0.3 is 0 Å². The van der Waals surface area contributed by atoms with Crippen molar-refractivity contribution in [3.05, 3.63) is 167 Å². The van der Waals surface area contributed by atoms with Crippen LogP contribution in [0, 0.1) is 17.7 Å². The number of para-hydroxylation sites is 1. The Balaban J connectivity index is 0.000000138. The smallest absolute Gasteiger partial charge is 0.162 e. The fourth-order valence-electron chi connectivity index (χ4n) is 11.5. The third-order valence-corrected chi connectivity index (χ3v) is 17.6. The number of carbonyl (C=O) groups is 1. The molecule has 1 aromatic heterocycles. The molecule has 10 nitrogen and oxygen atoms in total. The summed E-state index contributed by atoms with van der Waals surface area (Å²) in [7, 11) is 3.87. The zero-order valence-corrected chi connectivity index (χ0v) is 45.6. The molecule has 6 aliphatic heterocycles. The van der Waals surface area contributed by atoms with Crippen LogP contribution < -0.4 is 9.64 Å². The molecule has 5 saturated heterocycles. The first kappa shape index (κ1) is 54.9. The van der Waals surface area contributed by atoms with Crippen LogP contribution in [0.1, 0.15) is 72.5 Å². The third-order valence-electron chi connectivity index (χ3n) is 16.0. The number of pyridine rings is 1. The molecule has 5 aromatic carbocycles. The van der Waals surface area contributed by atoms with E-state index in [9.17, 15) is 19.4 Å². The number of aliphatic hydroxyl groups is 2. The summed E-state index contributed by atoms with van der Waals surface area (Å²) < 4.78 is 18.3. The lowest BCUT2D eigenvalue weighted by atomic mass is 9.73. The molecule has 6 aliphatic rings. The number of benzene rings is 5. The molecule has 0 aliphatic carbocycles. The average molecular weight is 1070 g/mol. The molecule has 2 bridgehead atoms. The van der Waals surface area contributed by atoms with Crippen molar-refractivity contribution in [3.8, 4) is 5.75 Å². The van der Waals surface area contributed by atoms with E-state index in [0.717, 1.165) is 97.9 Å². The van der Waals surface area contributed by atoms with Crippen LogP contribution in [-0.2, 0) is 5.60 Å². The van der Waals surface area contributed by atoms with Gasteiger partial charge in [0.2, 0.25) is 0 Å². The van der Waals surface area contributed by atoms with Gasteiger partial charge in [0.15, 0.2) is 5.78 Å². The van der Waals surface area contributed by atoms with Crippen LogP contribution >= 0.6 is 35.0 Å². The number of piperazine rings is 1. The zero-order valence-electron chi connectivity index (χ0n) is 43.3. The molecular weight excluding hydrogens is 1000 g/mol. The fraction of sp³-hybridized carbons (Fsp3) is 0.410. The number of anilines is 2. The van der Waals surface area contributed by atoms with Crippen LogP contribution in [0.5, 0.6) is 5.75 Å². The highest BCUT2D eigenvalue weighted by Crippen LogP contribution is 2.49. The summed E-state index contributed by atoms with van der Waals surface area (Å²) in [5.74, 6) is 1.72. The van der Waals surface area contributed by atoms with Crippen LogP contribution in [0.3, 0.4) is 0 Å². The van der Waals surface area contributed by atoms with E-state index in [1.807, 2.05) is 66.4 Å². The maximum absolute atomic E-state index is 12.9. The van der Waals surface area contributed by atoms with Gasteiger partial charge in [0, 0.05) is 102 Å². The number of ketones is 1. The molecule has 7 heterocycles. The number of ether oxygens (including phenoxy) is 1. The highest BCUT2D eigenvalue weighted by molar-refractivity contribution is 7.99. The summed E-state index contributed by atoms with van der Waals surface area (Å²) in [6, 6.07) is 36.0. The first-order chi connectivity index (χ1) is 36.4. The van der Waals surface area contributed by atoms with Crippen molar-refractivity contribution in [2.45, 2.75) is 72.5 Å². The minimum atomic E-state index is -0.801. The van der Waals surface area contributed by atoms with E-state index in [0.29, 0.717) is 41.7 Å². The minimum Gasteiger partial charge on any atom is -0.497 e. The lowest BCUT2D eigenvalue weighted by Gasteiger charge is -2.50. The van der Waals surface area contributed by atoms with E-state index in [4.69, 9.17) is 27.9 Å². The third kappa shape index (κ3) is 13.6. The molecule has 2 N–H and O–H groups in total. The van der Waals surface area contributed by atoms with E-state index in [-0.39, 0.29) is 17.6 Å². The Labute approximate surface area is 457 Å². The Kier molecular flexibility index (Phi) is 18.7. The number of hydrogen-bond acceptors (Lipinski definition) is 11. The number of hydrogen-bond donors (Lipinski definition) is 2. The molecule has 5 atom stereocenters. The maximum Gasteiger partial charge on any atom is 0.162 e. The number of nitrogens with zero attached hydrogens (tertiary/aromatic N) is 6. The van der Waals surface area contributed by atoms with Gasteiger partial charge in [0.25, 0.3) is 0 Å². The molecule has 0 amide bonds. The van der Waals surface area contributed by atoms with Gasteiger partial charge in [-0.3, -0.25) is 14.7 Å². The lowest BCUT2D eigenvalue weighted by Crippen LogP contribution is -2.54. The molecule has 0 saturated carbocycles. The summed E-state index contributed by atoms with van der Waals surface area (Å²) in [6.45, 7) is 15.4. The van der Waals surface area contributed by atoms with E-state index in [2.05, 4.69) is 85.6 Å². The number of methoxy groups -OCH3 is 1. The Morgan fingerprint density at radius 1 is 0.840 bits per heavy atom. The van der Waals surface area contributed by atoms with E-state index in [1.165, 1.54) is 78.0 Å². The number of likely N-dealkylation sites (N-methyl/N-ethyl adjacent to an activating group) is 1. The van der Waals surface area contributed by atoms with Crippen LogP contribution in [-0.4, -0.2) is 133 Å². The van der Waals surface area contributed by atoms with Gasteiger partial charge in [-0.2, -0.15) is 0 Å². The molecule has 396 valence electrons. The lowest BCUT2D eigenvalue weighted by molar-refractivity contribution is -0.0444. The summed E-state index contributed by atoms with van der Waals surface area (Å²) in [6.07, 6.45) is 9.32. The summed E-state index contributed by atoms with van der Waals surface area (Å²) >= 11 is 14.0. The maximum atomic E-state index is 12.9. The van der Waals surface area contributed by atoms with Crippen molar-refractivity contribution in [2.75, 3.05) is 91.0 Å². The number of halogens is 3. The second kappa shape index (κ2) is 25.5. The van der Waals surface area contributed by atoms with Gasteiger partial charge in [0.1, 0.15) is 11.6 Å². The predicted molar refractivity (Wildman–Crippen MR) is 304 cm³/mol. The van der Waals surface area contributed by atoms with Crippen molar-refractivity contribution in [3.63, 3.8) is 0 Å². The van der Waals surface area contributed by atoms with Crippen LogP contribution in [0.2, 0.25) is 10.0 Å². The zero-order chi connectivity index (χ0) is 52.5. The number of Topliss-reactive ketones (excluding diaryl/α,β-unsaturated/α-hetero) is 1. The van der Waals surface area contributed by atoms with Gasteiger partial charge in [-0.1, -0.05) is 65.3 Å². The standard InChI is InChI=1S/C21H23ClFNO2.C20H24ClN3S.C20H24N2O2/c22-18-7-5-17(6-8-18)21(26)11-14-24(15-12-21)13-1-2-20(25)16-3-9-19(23)10-4-16;1-22-11-13-23(14-12-22)9-4-10-24-17-5-2-3-6-19(17)25-20-8-7-16(21)15-18(20)24;1-3-13-12-22-9-7-14(13)10-19(22)20(23)16-6-8-21-18-5-4-15(24-2)11-17(16)18/h3-10,26H,1-2,11-15H2;2-3,5-8,15H,4,9-14H2,1H3;3-6,8,11,13-14,19-20,23H,1,7,9-10,12H2,2H3/t;;13-,14-,19+,20-/m..0/s1. The molecule has 75 heavy (non-hydrogen) atoms. The first-order valence-corrected chi connectivity index (χ1v) is 28.2. The number of aromatic nitrogens is 1. The van der Waals surface area contributed by atoms with E-state index in [1.54, 1.807) is 13.3 Å². The Hall–Kier alpha value is -4.86. The molecule has 14 heteroatoms. The van der Waals surface area contributed by atoms with Gasteiger partial charge in [-0.15, -0.1) is 6.58 Å². The van der Waals surface area contributed by atoms with Crippen molar-refractivity contribution in [1.29, 1.82) is 0 Å². The number of fused-ring (bicyclic) bond motifs is 6. The minimum absolute atomic E-state index is 0.0414. The van der Waals surface area contributed by atoms with Crippen LogP contribution in [0.15, 0.2) is 144 Å². The number of rotatable bonds is 14. The molecule has 12 rings (SSSR count). The van der Waals surface area contributed by atoms with Crippen molar-refractivity contribution in [1.82, 2.24) is 24.6 Å². The predicted octanol–water partition coefficient (Wildman–Crippen LogP) is 12.2. The average Bonchev–Trinajstić information content (AvgIpc) is 3.44. The highest BCUT2D eigenvalue weighted by atomic mass is 35.5. The fourth-order valence-corrected chi connectivity index (χ4v) is 12.8. The Morgan fingerprint density at radius 3 is 2.27 bits per heavy atom. The van der Waals surface area contributed by atoms with Gasteiger partial charge in [0.05, 0.1) is 35.7 Å².